The van der Waals surface area contributed by atoms with Gasteiger partial charge in [0.2, 0.25) is 5.91 Å². The first-order valence-electron chi connectivity index (χ1n) is 35.4. The van der Waals surface area contributed by atoms with Gasteiger partial charge in [-0.05, 0) is 51.4 Å². The van der Waals surface area contributed by atoms with Gasteiger partial charge in [0.15, 0.2) is 0 Å². The molecule has 458 valence electrons. The molecule has 1 amide bonds. The molecule has 0 aromatic rings. The summed E-state index contributed by atoms with van der Waals surface area (Å²) in [7, 11) is 0. The Hall–Kier alpha value is -1.40. The molecule has 0 spiro atoms. The molecular weight excluding hydrogens is 947 g/mol. The second-order valence-corrected chi connectivity index (χ2v) is 24.6. The van der Waals surface area contributed by atoms with Crippen LogP contribution in [0.1, 0.15) is 406 Å². The van der Waals surface area contributed by atoms with Crippen LogP contribution in [0.5, 0.6) is 0 Å². The molecule has 0 aliphatic carbocycles. The number of hydrogen-bond donors (Lipinski definition) is 3. The Morgan fingerprint density at radius 3 is 0.922 bits per heavy atom. The summed E-state index contributed by atoms with van der Waals surface area (Å²) in [6.07, 6.45) is 82.5. The molecule has 0 rings (SSSR count). The van der Waals surface area contributed by atoms with Crippen LogP contribution in [0.3, 0.4) is 0 Å². The number of nitrogens with one attached hydrogen (secondary N) is 1. The van der Waals surface area contributed by atoms with Gasteiger partial charge in [-0.2, -0.15) is 0 Å². The predicted octanol–water partition coefficient (Wildman–Crippen LogP) is 22.8. The summed E-state index contributed by atoms with van der Waals surface area (Å²) in [6.45, 7) is 4.99. The molecule has 0 aromatic carbocycles. The molecule has 0 aliphatic rings. The van der Waals surface area contributed by atoms with Crippen LogP contribution in [0.2, 0.25) is 0 Å². The van der Waals surface area contributed by atoms with Crippen molar-refractivity contribution in [3.05, 3.63) is 12.2 Å². The van der Waals surface area contributed by atoms with Gasteiger partial charge in [-0.25, -0.2) is 0 Å². The number of unbranched alkanes of at least 4 members (excludes halogenated alkanes) is 54. The molecule has 0 saturated heterocycles. The topological polar surface area (TPSA) is 95.9 Å². The van der Waals surface area contributed by atoms with Crippen molar-refractivity contribution in [3.8, 4) is 0 Å². The molecule has 0 heterocycles. The largest absolute Gasteiger partial charge is 0.466 e. The lowest BCUT2D eigenvalue weighted by atomic mass is 10.0. The molecule has 0 radical (unpaired) electrons. The number of ether oxygens (including phenoxy) is 1. The van der Waals surface area contributed by atoms with Crippen LogP contribution in [0, 0.1) is 0 Å². The second kappa shape index (κ2) is 67.1. The fourth-order valence-electron chi connectivity index (χ4n) is 11.4. The van der Waals surface area contributed by atoms with Crippen molar-refractivity contribution < 1.29 is 24.5 Å². The number of amides is 1. The van der Waals surface area contributed by atoms with Crippen LogP contribution in [-0.2, 0) is 14.3 Å². The Morgan fingerprint density at radius 1 is 0.351 bits per heavy atom. The maximum atomic E-state index is 12.6. The van der Waals surface area contributed by atoms with E-state index >= 15 is 0 Å². The fraction of sp³-hybridized carbons (Fsp3) is 0.944. The number of allylic oxidation sites excluding steroid dienone is 2. The molecule has 2 atom stereocenters. The fourth-order valence-corrected chi connectivity index (χ4v) is 11.4. The quantitative estimate of drug-likeness (QED) is 0.0320. The molecule has 0 saturated carbocycles. The lowest BCUT2D eigenvalue weighted by Crippen LogP contribution is -2.45. The highest BCUT2D eigenvalue weighted by Crippen LogP contribution is 2.19. The van der Waals surface area contributed by atoms with Gasteiger partial charge in [0.25, 0.3) is 0 Å². The summed E-state index contributed by atoms with van der Waals surface area (Å²) in [6, 6.07) is -0.549. The summed E-state index contributed by atoms with van der Waals surface area (Å²) in [5.74, 6) is -0.0300. The van der Waals surface area contributed by atoms with E-state index in [4.69, 9.17) is 4.74 Å². The molecule has 3 N–H and O–H groups in total. The third kappa shape index (κ3) is 63.6. The predicted molar refractivity (Wildman–Crippen MR) is 338 cm³/mol. The van der Waals surface area contributed by atoms with E-state index in [0.717, 1.165) is 38.5 Å². The number of aliphatic hydroxyl groups excluding tert-OH is 2. The van der Waals surface area contributed by atoms with Crippen molar-refractivity contribution >= 4 is 11.9 Å². The highest BCUT2D eigenvalue weighted by molar-refractivity contribution is 5.76. The molecule has 6 heteroatoms. The number of aliphatic hydroxyl groups is 2. The van der Waals surface area contributed by atoms with Crippen LogP contribution < -0.4 is 5.32 Å². The first kappa shape index (κ1) is 75.6. The van der Waals surface area contributed by atoms with E-state index in [1.807, 2.05) is 0 Å². The lowest BCUT2D eigenvalue weighted by molar-refractivity contribution is -0.143. The van der Waals surface area contributed by atoms with Gasteiger partial charge in [-0.15, -0.1) is 0 Å². The number of hydrogen-bond acceptors (Lipinski definition) is 5. The molecule has 77 heavy (non-hydrogen) atoms. The van der Waals surface area contributed by atoms with Crippen LogP contribution in [0.15, 0.2) is 12.2 Å². The van der Waals surface area contributed by atoms with Gasteiger partial charge in [0.1, 0.15) is 0 Å². The summed E-state index contributed by atoms with van der Waals surface area (Å²) >= 11 is 0. The maximum Gasteiger partial charge on any atom is 0.305 e. The third-order valence-corrected chi connectivity index (χ3v) is 16.8. The zero-order valence-corrected chi connectivity index (χ0v) is 52.5. The van der Waals surface area contributed by atoms with Crippen LogP contribution in [0.25, 0.3) is 0 Å². The molecule has 6 nitrogen and oxygen atoms in total. The minimum absolute atomic E-state index is 0.00936. The zero-order chi connectivity index (χ0) is 55.7. The summed E-state index contributed by atoms with van der Waals surface area (Å²) in [5, 5.41) is 23.4. The number of carbonyl (C=O) groups is 2. The minimum Gasteiger partial charge on any atom is -0.466 e. The molecule has 0 aliphatic heterocycles. The van der Waals surface area contributed by atoms with Gasteiger partial charge in [-0.1, -0.05) is 353 Å². The Labute approximate surface area is 482 Å². The zero-order valence-electron chi connectivity index (χ0n) is 52.5. The molecular formula is C71H139NO5. The Bertz CT molecular complexity index is 1160. The average Bonchev–Trinajstić information content (AvgIpc) is 3.43. The van der Waals surface area contributed by atoms with E-state index in [9.17, 15) is 19.8 Å². The molecule has 0 bridgehead atoms. The van der Waals surface area contributed by atoms with E-state index in [1.54, 1.807) is 0 Å². The molecule has 0 fully saturated rings. The van der Waals surface area contributed by atoms with Crippen molar-refractivity contribution in [1.29, 1.82) is 0 Å². The monoisotopic (exact) mass is 1090 g/mol. The standard InChI is InChI=1S/C71H139NO5/c1-3-5-7-9-11-13-15-17-19-21-22-23-24-25-26-28-32-35-39-43-47-51-55-59-63-69(74)68(67-73)72-70(75)64-60-56-52-48-44-40-36-33-29-27-30-34-38-42-46-50-54-58-62-66-77-71(76)65-61-57-53-49-45-41-37-31-20-18-16-14-12-10-8-6-4-2/h27,29,68-69,73-74H,3-26,28,30-67H2,1-2H3,(H,72,75)/b29-27-. The number of carbonyl (C=O) groups excluding carboxylic acids is 2. The van der Waals surface area contributed by atoms with Crippen LogP contribution in [-0.4, -0.2) is 47.4 Å². The van der Waals surface area contributed by atoms with Crippen molar-refractivity contribution in [2.45, 2.75) is 418 Å². The Kier molecular flexibility index (Phi) is 65.9. The van der Waals surface area contributed by atoms with E-state index in [1.165, 1.54) is 334 Å². The van der Waals surface area contributed by atoms with E-state index in [2.05, 4.69) is 31.3 Å². The normalized spacial score (nSPS) is 12.5. The van der Waals surface area contributed by atoms with Crippen molar-refractivity contribution in [3.63, 3.8) is 0 Å². The smallest absolute Gasteiger partial charge is 0.305 e. The lowest BCUT2D eigenvalue weighted by Gasteiger charge is -2.22. The van der Waals surface area contributed by atoms with Gasteiger partial charge < -0.3 is 20.3 Å². The van der Waals surface area contributed by atoms with E-state index in [-0.39, 0.29) is 18.5 Å². The Morgan fingerprint density at radius 2 is 0.610 bits per heavy atom. The summed E-state index contributed by atoms with van der Waals surface area (Å²) in [4.78, 5) is 24.7. The van der Waals surface area contributed by atoms with Gasteiger partial charge in [-0.3, -0.25) is 9.59 Å². The number of esters is 1. The molecule has 2 unspecified atom stereocenters. The van der Waals surface area contributed by atoms with E-state index in [0.29, 0.717) is 25.9 Å². The molecule has 0 aromatic heterocycles. The van der Waals surface area contributed by atoms with Gasteiger partial charge in [0.05, 0.1) is 25.4 Å². The van der Waals surface area contributed by atoms with Gasteiger partial charge in [0, 0.05) is 12.8 Å². The summed E-state index contributed by atoms with van der Waals surface area (Å²) < 4.78 is 5.50. The van der Waals surface area contributed by atoms with Crippen molar-refractivity contribution in [2.24, 2.45) is 0 Å². The summed E-state index contributed by atoms with van der Waals surface area (Å²) in [5.41, 5.74) is 0. The minimum atomic E-state index is -0.671. The average molecular weight is 1090 g/mol. The Balaban J connectivity index is 3.41. The first-order valence-corrected chi connectivity index (χ1v) is 35.4. The highest BCUT2D eigenvalue weighted by Gasteiger charge is 2.20. The SMILES string of the molecule is CCCCCCCCCCCCCCCCCCCCCCCCCCC(O)C(CO)NC(=O)CCCCCCCCC/C=C\CCCCCCCCCCOC(=O)CCCCCCCCCCCCCCCCCCC. The second-order valence-electron chi connectivity index (χ2n) is 24.6. The highest BCUT2D eigenvalue weighted by atomic mass is 16.5. The van der Waals surface area contributed by atoms with Gasteiger partial charge >= 0.3 is 5.97 Å². The van der Waals surface area contributed by atoms with Crippen LogP contribution in [0.4, 0.5) is 0 Å². The van der Waals surface area contributed by atoms with Crippen LogP contribution >= 0.6 is 0 Å². The van der Waals surface area contributed by atoms with Crippen molar-refractivity contribution in [2.75, 3.05) is 13.2 Å². The number of rotatable bonds is 67. The maximum absolute atomic E-state index is 12.6. The van der Waals surface area contributed by atoms with E-state index < -0.39 is 12.1 Å². The first-order chi connectivity index (χ1) is 38.0. The van der Waals surface area contributed by atoms with Crippen molar-refractivity contribution in [1.82, 2.24) is 5.32 Å². The third-order valence-electron chi connectivity index (χ3n) is 16.8.